The molecule has 0 spiro atoms. The molecular formula is C34H51BO2. The fourth-order valence-electron chi connectivity index (χ4n) is 4.89. The molecule has 0 aromatic heterocycles. The van der Waals surface area contributed by atoms with Crippen LogP contribution in [0.5, 0.6) is 11.5 Å². The van der Waals surface area contributed by atoms with Gasteiger partial charge >= 0.3 is 0 Å². The van der Waals surface area contributed by atoms with E-state index in [4.69, 9.17) is 9.47 Å². The van der Waals surface area contributed by atoms with Crippen LogP contribution in [0, 0.1) is 0 Å². The lowest BCUT2D eigenvalue weighted by atomic mass is 9.38. The average Bonchev–Trinajstić information content (AvgIpc) is 2.92. The summed E-state index contributed by atoms with van der Waals surface area (Å²) in [6.07, 6.45) is 21.1. The van der Waals surface area contributed by atoms with Gasteiger partial charge in [-0.1, -0.05) is 119 Å². The SMILES string of the molecule is C=CCB(c1ccc(OCCCCCCCC)cc1)c1ccc(OCCCCCCCC)cc1CC=C. The Labute approximate surface area is 228 Å². The molecule has 0 unspecified atom stereocenters. The van der Waals surface area contributed by atoms with Crippen molar-refractivity contribution in [3.05, 3.63) is 73.3 Å². The Kier molecular flexibility index (Phi) is 16.4. The molecule has 0 saturated carbocycles. The largest absolute Gasteiger partial charge is 0.494 e. The second kappa shape index (κ2) is 19.7. The molecule has 0 atom stereocenters. The number of benzene rings is 2. The molecular weight excluding hydrogens is 451 g/mol. The van der Waals surface area contributed by atoms with E-state index in [0.717, 1.165) is 50.3 Å². The first-order valence-electron chi connectivity index (χ1n) is 14.9. The molecule has 2 rings (SSSR count). The Hall–Kier alpha value is -2.42. The van der Waals surface area contributed by atoms with Gasteiger partial charge in [-0.3, -0.25) is 0 Å². The number of allylic oxidation sites excluding steroid dienone is 2. The molecule has 0 aliphatic heterocycles. The maximum absolute atomic E-state index is 6.12. The van der Waals surface area contributed by atoms with E-state index in [0.29, 0.717) is 0 Å². The highest BCUT2D eigenvalue weighted by molar-refractivity contribution is 6.85. The Morgan fingerprint density at radius 2 is 1.19 bits per heavy atom. The topological polar surface area (TPSA) is 18.5 Å². The summed E-state index contributed by atoms with van der Waals surface area (Å²) in [5, 5.41) is 0. The molecule has 0 heterocycles. The maximum Gasteiger partial charge on any atom is 0.213 e. The van der Waals surface area contributed by atoms with Crippen molar-refractivity contribution in [3.63, 3.8) is 0 Å². The van der Waals surface area contributed by atoms with Gasteiger partial charge < -0.3 is 9.47 Å². The second-order valence-corrected chi connectivity index (χ2v) is 10.2. The summed E-state index contributed by atoms with van der Waals surface area (Å²) in [5.74, 6) is 1.92. The molecule has 0 amide bonds. The molecule has 0 saturated heterocycles. The van der Waals surface area contributed by atoms with Gasteiger partial charge in [0.05, 0.1) is 13.2 Å². The lowest BCUT2D eigenvalue weighted by Crippen LogP contribution is -2.43. The molecule has 2 nitrogen and oxygen atoms in total. The summed E-state index contributed by atoms with van der Waals surface area (Å²) >= 11 is 0. The molecule has 37 heavy (non-hydrogen) atoms. The predicted molar refractivity (Wildman–Crippen MR) is 165 cm³/mol. The van der Waals surface area contributed by atoms with E-state index in [1.165, 1.54) is 80.7 Å². The zero-order valence-electron chi connectivity index (χ0n) is 23.8. The minimum atomic E-state index is 0.257. The molecule has 202 valence electrons. The number of hydrogen-bond donors (Lipinski definition) is 0. The summed E-state index contributed by atoms with van der Waals surface area (Å²) in [4.78, 5) is 0. The highest BCUT2D eigenvalue weighted by atomic mass is 16.5. The van der Waals surface area contributed by atoms with E-state index in [9.17, 15) is 0 Å². The van der Waals surface area contributed by atoms with E-state index >= 15 is 0 Å². The zero-order chi connectivity index (χ0) is 26.6. The van der Waals surface area contributed by atoms with E-state index in [1.54, 1.807) is 0 Å². The number of hydrogen-bond acceptors (Lipinski definition) is 2. The predicted octanol–water partition coefficient (Wildman–Crippen LogP) is 8.69. The molecule has 0 aliphatic carbocycles. The smallest absolute Gasteiger partial charge is 0.213 e. The van der Waals surface area contributed by atoms with E-state index < -0.39 is 0 Å². The fraction of sp³-hybridized carbons (Fsp3) is 0.529. The third-order valence-corrected chi connectivity index (χ3v) is 7.07. The Morgan fingerprint density at radius 3 is 1.76 bits per heavy atom. The summed E-state index contributed by atoms with van der Waals surface area (Å²) in [7, 11) is 0. The highest BCUT2D eigenvalue weighted by Crippen LogP contribution is 2.17. The Morgan fingerprint density at radius 1 is 0.649 bits per heavy atom. The van der Waals surface area contributed by atoms with Crippen molar-refractivity contribution in [2.24, 2.45) is 0 Å². The van der Waals surface area contributed by atoms with Crippen molar-refractivity contribution >= 4 is 17.6 Å². The summed E-state index contributed by atoms with van der Waals surface area (Å²) in [5.41, 5.74) is 3.90. The van der Waals surface area contributed by atoms with Gasteiger partial charge in [0.25, 0.3) is 0 Å². The van der Waals surface area contributed by atoms with Crippen LogP contribution in [-0.4, -0.2) is 19.9 Å². The first-order valence-corrected chi connectivity index (χ1v) is 14.9. The van der Waals surface area contributed by atoms with Crippen LogP contribution in [0.1, 0.15) is 96.5 Å². The molecule has 2 aromatic rings. The van der Waals surface area contributed by atoms with Gasteiger partial charge in [-0.05, 0) is 55.4 Å². The number of rotatable bonds is 22. The van der Waals surface area contributed by atoms with Crippen LogP contribution in [0.3, 0.4) is 0 Å². The molecule has 0 bridgehead atoms. The summed E-state index contributed by atoms with van der Waals surface area (Å²) < 4.78 is 12.1. The minimum Gasteiger partial charge on any atom is -0.494 e. The third kappa shape index (κ3) is 12.1. The molecule has 0 fully saturated rings. The number of ether oxygens (including phenoxy) is 2. The first-order chi connectivity index (χ1) is 18.2. The van der Waals surface area contributed by atoms with E-state index in [-0.39, 0.29) is 6.71 Å². The fourth-order valence-corrected chi connectivity index (χ4v) is 4.89. The first kappa shape index (κ1) is 30.8. The van der Waals surface area contributed by atoms with Gasteiger partial charge in [-0.2, -0.15) is 0 Å². The molecule has 0 aliphatic rings. The Bertz CT molecular complexity index is 874. The van der Waals surface area contributed by atoms with Gasteiger partial charge in [0.1, 0.15) is 11.5 Å². The Balaban J connectivity index is 1.98. The quantitative estimate of drug-likeness (QED) is 0.0911. The normalized spacial score (nSPS) is 10.8. The van der Waals surface area contributed by atoms with Gasteiger partial charge in [0, 0.05) is 0 Å². The van der Waals surface area contributed by atoms with Crippen LogP contribution in [0.4, 0.5) is 0 Å². The van der Waals surface area contributed by atoms with Gasteiger partial charge in [-0.25, -0.2) is 0 Å². The maximum atomic E-state index is 6.12. The highest BCUT2D eigenvalue weighted by Gasteiger charge is 2.21. The minimum absolute atomic E-state index is 0.257. The second-order valence-electron chi connectivity index (χ2n) is 10.2. The molecule has 2 aromatic carbocycles. The van der Waals surface area contributed by atoms with Crippen LogP contribution in [0.2, 0.25) is 6.32 Å². The van der Waals surface area contributed by atoms with Crippen molar-refractivity contribution in [1.29, 1.82) is 0 Å². The van der Waals surface area contributed by atoms with E-state index in [2.05, 4.69) is 69.5 Å². The van der Waals surface area contributed by atoms with Crippen molar-refractivity contribution in [2.45, 2.75) is 104 Å². The lowest BCUT2D eigenvalue weighted by molar-refractivity contribution is 0.304. The van der Waals surface area contributed by atoms with Crippen molar-refractivity contribution in [1.82, 2.24) is 0 Å². The van der Waals surface area contributed by atoms with E-state index in [1.807, 2.05) is 12.2 Å². The van der Waals surface area contributed by atoms with Gasteiger partial charge in [-0.15, -0.1) is 13.2 Å². The zero-order valence-corrected chi connectivity index (χ0v) is 23.8. The van der Waals surface area contributed by atoms with Crippen molar-refractivity contribution in [3.8, 4) is 11.5 Å². The van der Waals surface area contributed by atoms with Crippen molar-refractivity contribution < 1.29 is 9.47 Å². The summed E-state index contributed by atoms with van der Waals surface area (Å²) in [6.45, 7) is 14.4. The third-order valence-electron chi connectivity index (χ3n) is 7.07. The van der Waals surface area contributed by atoms with Gasteiger partial charge in [0.15, 0.2) is 0 Å². The van der Waals surface area contributed by atoms with Crippen LogP contribution >= 0.6 is 0 Å². The molecule has 0 N–H and O–H groups in total. The monoisotopic (exact) mass is 502 g/mol. The molecule has 3 heteroatoms. The van der Waals surface area contributed by atoms with Crippen molar-refractivity contribution in [2.75, 3.05) is 13.2 Å². The average molecular weight is 503 g/mol. The van der Waals surface area contributed by atoms with Crippen LogP contribution in [0.25, 0.3) is 0 Å². The number of unbranched alkanes of at least 4 members (excludes halogenated alkanes) is 10. The van der Waals surface area contributed by atoms with Crippen LogP contribution in [0.15, 0.2) is 67.8 Å². The van der Waals surface area contributed by atoms with Gasteiger partial charge in [0.2, 0.25) is 6.71 Å². The van der Waals surface area contributed by atoms with Crippen LogP contribution < -0.4 is 20.4 Å². The van der Waals surface area contributed by atoms with Crippen LogP contribution in [-0.2, 0) is 6.42 Å². The summed E-state index contributed by atoms with van der Waals surface area (Å²) in [6, 6.07) is 15.2. The molecule has 0 radical (unpaired) electrons. The standard InChI is InChI=1S/C34H51BO2/c1-5-9-11-13-15-17-27-36-32-22-20-31(21-23-32)35(26-8-4)34-25-24-33(29-30(34)19-7-3)37-28-18-16-14-12-10-6-2/h7-8,20-25,29H,3-6,9-19,26-28H2,1-2H3. The lowest BCUT2D eigenvalue weighted by Gasteiger charge is -2.19.